The van der Waals surface area contributed by atoms with Crippen molar-refractivity contribution >= 4 is 37.3 Å². The molecule has 31 heavy (non-hydrogen) atoms. The van der Waals surface area contributed by atoms with Crippen LogP contribution in [0.25, 0.3) is 0 Å². The highest BCUT2D eigenvalue weighted by molar-refractivity contribution is 7.92. The maximum absolute atomic E-state index is 12.7. The smallest absolute Gasteiger partial charge is 0.245 e. The molecule has 1 aliphatic heterocycles. The second kappa shape index (κ2) is 9.37. The first kappa shape index (κ1) is 23.2. The molecule has 0 aliphatic carbocycles. The Hall–Kier alpha value is -2.43. The van der Waals surface area contributed by atoms with E-state index in [1.54, 1.807) is 31.2 Å². The molecule has 0 radical (unpaired) electrons. The van der Waals surface area contributed by atoms with Crippen molar-refractivity contribution in [3.63, 3.8) is 0 Å². The zero-order valence-electron chi connectivity index (χ0n) is 17.6. The van der Waals surface area contributed by atoms with Crippen molar-refractivity contribution in [1.82, 2.24) is 4.31 Å². The lowest BCUT2D eigenvalue weighted by molar-refractivity contribution is -0.114. The van der Waals surface area contributed by atoms with Crippen LogP contribution in [0.2, 0.25) is 0 Å². The summed E-state index contributed by atoms with van der Waals surface area (Å²) in [6, 6.07) is 12.8. The lowest BCUT2D eigenvalue weighted by atomic mass is 10.2. The Labute approximate surface area is 184 Å². The van der Waals surface area contributed by atoms with E-state index in [4.69, 9.17) is 0 Å². The van der Waals surface area contributed by atoms with Gasteiger partial charge in [-0.3, -0.25) is 9.10 Å². The SMILES string of the molecule is Cc1ccccc1N(CC(=O)Nc1ccc(S(=O)(=O)N2CCCCC2)cc1)S(C)(=O)=O. The minimum atomic E-state index is -3.68. The predicted octanol–water partition coefficient (Wildman–Crippen LogP) is 2.57. The van der Waals surface area contributed by atoms with Crippen LogP contribution in [0.5, 0.6) is 0 Å². The van der Waals surface area contributed by atoms with Crippen molar-refractivity contribution in [3.8, 4) is 0 Å². The zero-order valence-corrected chi connectivity index (χ0v) is 19.2. The Morgan fingerprint density at radius 2 is 1.58 bits per heavy atom. The van der Waals surface area contributed by atoms with Gasteiger partial charge in [0, 0.05) is 18.8 Å². The summed E-state index contributed by atoms with van der Waals surface area (Å²) < 4.78 is 52.5. The number of hydrogen-bond donors (Lipinski definition) is 1. The number of benzene rings is 2. The van der Waals surface area contributed by atoms with E-state index < -0.39 is 32.5 Å². The van der Waals surface area contributed by atoms with E-state index in [2.05, 4.69) is 5.32 Å². The molecule has 0 aromatic heterocycles. The van der Waals surface area contributed by atoms with Gasteiger partial charge < -0.3 is 5.32 Å². The van der Waals surface area contributed by atoms with Crippen molar-refractivity contribution in [2.45, 2.75) is 31.1 Å². The highest BCUT2D eigenvalue weighted by atomic mass is 32.2. The first-order valence-electron chi connectivity index (χ1n) is 10.0. The maximum Gasteiger partial charge on any atom is 0.245 e. The summed E-state index contributed by atoms with van der Waals surface area (Å²) in [5, 5.41) is 2.64. The molecule has 2 aromatic carbocycles. The molecule has 0 unspecified atom stereocenters. The number of rotatable bonds is 7. The highest BCUT2D eigenvalue weighted by Gasteiger charge is 2.26. The van der Waals surface area contributed by atoms with Crippen molar-refractivity contribution in [2.24, 2.45) is 0 Å². The second-order valence-electron chi connectivity index (χ2n) is 7.59. The molecule has 2 aromatic rings. The normalized spacial score (nSPS) is 15.4. The number of para-hydroxylation sites is 1. The van der Waals surface area contributed by atoms with Crippen molar-refractivity contribution in [1.29, 1.82) is 0 Å². The molecule has 1 fully saturated rings. The van der Waals surface area contributed by atoms with Crippen molar-refractivity contribution in [2.75, 3.05) is 35.5 Å². The van der Waals surface area contributed by atoms with Gasteiger partial charge in [-0.15, -0.1) is 0 Å². The van der Waals surface area contributed by atoms with Gasteiger partial charge in [-0.2, -0.15) is 4.31 Å². The second-order valence-corrected chi connectivity index (χ2v) is 11.4. The first-order chi connectivity index (χ1) is 14.6. The van der Waals surface area contributed by atoms with Crippen molar-refractivity contribution in [3.05, 3.63) is 54.1 Å². The van der Waals surface area contributed by atoms with Gasteiger partial charge in [0.05, 0.1) is 16.8 Å². The Morgan fingerprint density at radius 1 is 0.968 bits per heavy atom. The van der Waals surface area contributed by atoms with Gasteiger partial charge >= 0.3 is 0 Å². The van der Waals surface area contributed by atoms with E-state index in [9.17, 15) is 21.6 Å². The summed E-state index contributed by atoms with van der Waals surface area (Å²) in [5.74, 6) is -0.527. The third kappa shape index (κ3) is 5.63. The number of piperidine rings is 1. The minimum Gasteiger partial charge on any atom is -0.325 e. The van der Waals surface area contributed by atoms with Crippen LogP contribution in [0.3, 0.4) is 0 Å². The van der Waals surface area contributed by atoms with Gasteiger partial charge in [0.2, 0.25) is 26.0 Å². The summed E-state index contributed by atoms with van der Waals surface area (Å²) in [6.07, 6.45) is 3.78. The molecule has 0 bridgehead atoms. The number of carbonyl (C=O) groups excluding carboxylic acids is 1. The molecule has 1 saturated heterocycles. The molecule has 0 saturated carbocycles. The predicted molar refractivity (Wildman–Crippen MR) is 121 cm³/mol. The Balaban J connectivity index is 1.72. The number of hydrogen-bond acceptors (Lipinski definition) is 5. The van der Waals surface area contributed by atoms with Crippen LogP contribution in [-0.4, -0.2) is 52.9 Å². The molecule has 3 rings (SSSR count). The highest BCUT2D eigenvalue weighted by Crippen LogP contribution is 2.23. The van der Waals surface area contributed by atoms with Gasteiger partial charge in [-0.1, -0.05) is 24.6 Å². The fraction of sp³-hybridized carbons (Fsp3) is 0.381. The average molecular weight is 466 g/mol. The summed E-state index contributed by atoms with van der Waals surface area (Å²) >= 11 is 0. The average Bonchev–Trinajstić information content (AvgIpc) is 2.73. The Bertz CT molecular complexity index is 1140. The van der Waals surface area contributed by atoms with Crippen molar-refractivity contribution < 1.29 is 21.6 Å². The molecule has 168 valence electrons. The summed E-state index contributed by atoms with van der Waals surface area (Å²) in [4.78, 5) is 12.7. The first-order valence-corrected chi connectivity index (χ1v) is 13.3. The van der Waals surface area contributed by atoms with Crippen LogP contribution in [0, 0.1) is 6.92 Å². The number of amides is 1. The number of anilines is 2. The van der Waals surface area contributed by atoms with Gasteiger partial charge in [-0.25, -0.2) is 16.8 Å². The van der Waals surface area contributed by atoms with Crippen LogP contribution in [-0.2, 0) is 24.8 Å². The molecule has 0 atom stereocenters. The largest absolute Gasteiger partial charge is 0.325 e. The molecule has 8 nitrogen and oxygen atoms in total. The van der Waals surface area contributed by atoms with Crippen LogP contribution >= 0.6 is 0 Å². The summed E-state index contributed by atoms with van der Waals surface area (Å²) in [7, 11) is -7.23. The van der Waals surface area contributed by atoms with Gasteiger partial charge in [0.25, 0.3) is 0 Å². The van der Waals surface area contributed by atoms with Crippen LogP contribution in [0.4, 0.5) is 11.4 Å². The number of nitrogens with zero attached hydrogens (tertiary/aromatic N) is 2. The fourth-order valence-corrected chi connectivity index (χ4v) is 5.95. The Kier molecular flexibility index (Phi) is 7.03. The molecule has 1 heterocycles. The molecular formula is C21H27N3O5S2. The molecule has 0 spiro atoms. The molecular weight excluding hydrogens is 438 g/mol. The molecule has 10 heteroatoms. The van der Waals surface area contributed by atoms with E-state index in [1.165, 1.54) is 28.6 Å². The lowest BCUT2D eigenvalue weighted by Gasteiger charge is -2.26. The van der Waals surface area contributed by atoms with E-state index in [0.717, 1.165) is 35.4 Å². The van der Waals surface area contributed by atoms with E-state index in [1.807, 2.05) is 0 Å². The number of sulfonamides is 2. The number of carbonyl (C=O) groups is 1. The van der Waals surface area contributed by atoms with E-state index in [-0.39, 0.29) is 4.90 Å². The van der Waals surface area contributed by atoms with E-state index in [0.29, 0.717) is 24.5 Å². The van der Waals surface area contributed by atoms with E-state index >= 15 is 0 Å². The van der Waals surface area contributed by atoms with Crippen LogP contribution in [0.15, 0.2) is 53.4 Å². The summed E-state index contributed by atoms with van der Waals surface area (Å²) in [5.41, 5.74) is 1.55. The standard InChI is InChI=1S/C21H27N3O5S2/c1-17-8-4-5-9-20(17)24(30(2,26)27)16-21(25)22-18-10-12-19(13-11-18)31(28,29)23-14-6-3-7-15-23/h4-5,8-13H,3,6-7,14-16H2,1-2H3,(H,22,25). The van der Waals surface area contributed by atoms with Gasteiger partial charge in [0.1, 0.15) is 6.54 Å². The topological polar surface area (TPSA) is 104 Å². The third-order valence-corrected chi connectivity index (χ3v) is 8.20. The number of nitrogens with one attached hydrogen (secondary N) is 1. The quantitative estimate of drug-likeness (QED) is 0.677. The lowest BCUT2D eigenvalue weighted by Crippen LogP contribution is -2.37. The van der Waals surface area contributed by atoms with Gasteiger partial charge in [0.15, 0.2) is 0 Å². The number of aryl methyl sites for hydroxylation is 1. The van der Waals surface area contributed by atoms with Crippen LogP contribution < -0.4 is 9.62 Å². The maximum atomic E-state index is 12.7. The molecule has 1 N–H and O–H groups in total. The van der Waals surface area contributed by atoms with Crippen LogP contribution in [0.1, 0.15) is 24.8 Å². The zero-order chi connectivity index (χ0) is 22.6. The fourth-order valence-electron chi connectivity index (χ4n) is 3.52. The minimum absolute atomic E-state index is 0.171. The molecule has 1 amide bonds. The third-order valence-electron chi connectivity index (χ3n) is 5.16. The monoisotopic (exact) mass is 465 g/mol. The Morgan fingerprint density at radius 3 is 2.16 bits per heavy atom. The molecule has 1 aliphatic rings. The van der Waals surface area contributed by atoms with Gasteiger partial charge in [-0.05, 0) is 55.7 Å². The summed E-state index contributed by atoms with van der Waals surface area (Å²) in [6.45, 7) is 2.41.